The minimum Gasteiger partial charge on any atom is -0.487 e. The predicted octanol–water partition coefficient (Wildman–Crippen LogP) is 4.29. The summed E-state index contributed by atoms with van der Waals surface area (Å²) in [6, 6.07) is 8.45. The summed E-state index contributed by atoms with van der Waals surface area (Å²) < 4.78 is 5.57. The molecule has 0 heterocycles. The topological polar surface area (TPSA) is 9.23 Å². The highest BCUT2D eigenvalue weighted by Crippen LogP contribution is 2.37. The zero-order valence-electron chi connectivity index (χ0n) is 9.41. The number of rotatable bonds is 3. The molecule has 1 fully saturated rings. The summed E-state index contributed by atoms with van der Waals surface area (Å²) in [6.07, 6.45) is 6.79. The third kappa shape index (κ3) is 2.53. The van der Waals surface area contributed by atoms with E-state index in [9.17, 15) is 0 Å². The van der Waals surface area contributed by atoms with E-state index < -0.39 is 0 Å². The molecule has 0 N–H and O–H groups in total. The molecule has 81 valence electrons. The van der Waals surface area contributed by atoms with Crippen molar-refractivity contribution >= 4 is 0 Å². The number of ether oxygens (including phenoxy) is 1. The summed E-state index contributed by atoms with van der Waals surface area (Å²) >= 11 is 0. The van der Waals surface area contributed by atoms with Gasteiger partial charge in [0.15, 0.2) is 0 Å². The maximum absolute atomic E-state index is 5.57. The van der Waals surface area contributed by atoms with Crippen LogP contribution in [0.25, 0.3) is 0 Å². The van der Waals surface area contributed by atoms with E-state index in [1.54, 1.807) is 6.61 Å². The van der Waals surface area contributed by atoms with Gasteiger partial charge >= 0.3 is 0 Å². The zero-order chi connectivity index (χ0) is 10.5. The second-order valence-electron chi connectivity index (χ2n) is 4.23. The molecule has 2 rings (SSSR count). The lowest BCUT2D eigenvalue weighted by Gasteiger charge is -2.23. The van der Waals surface area contributed by atoms with Crippen LogP contribution < -0.4 is 4.74 Å². The van der Waals surface area contributed by atoms with Gasteiger partial charge in [0.05, 0.1) is 0 Å². The van der Waals surface area contributed by atoms with Gasteiger partial charge in [0.2, 0.25) is 0 Å². The lowest BCUT2D eigenvalue weighted by molar-refractivity contribution is 0.389. The molecule has 0 spiro atoms. The second kappa shape index (κ2) is 5.20. The van der Waals surface area contributed by atoms with E-state index in [1.807, 2.05) is 13.0 Å². The van der Waals surface area contributed by atoms with Crippen molar-refractivity contribution in [3.05, 3.63) is 36.4 Å². The van der Waals surface area contributed by atoms with Crippen molar-refractivity contribution in [3.8, 4) is 5.75 Å². The molecule has 1 heteroatoms. The van der Waals surface area contributed by atoms with E-state index in [2.05, 4.69) is 18.2 Å². The fourth-order valence-electron chi connectivity index (χ4n) is 2.47. The van der Waals surface area contributed by atoms with Crippen molar-refractivity contribution in [3.63, 3.8) is 0 Å². The Morgan fingerprint density at radius 1 is 1.13 bits per heavy atom. The van der Waals surface area contributed by atoms with Gasteiger partial charge in [-0.2, -0.15) is 0 Å². The highest BCUT2D eigenvalue weighted by atomic mass is 16.5. The molecule has 0 atom stereocenters. The second-order valence-corrected chi connectivity index (χ2v) is 4.23. The summed E-state index contributed by atoms with van der Waals surface area (Å²) in [5, 5.41) is 0. The quantitative estimate of drug-likeness (QED) is 0.712. The summed E-state index contributed by atoms with van der Waals surface area (Å²) in [7, 11) is 0. The standard InChI is InChI=1S/C14H19O/c1-2-15-14-11-7-6-10-13(14)12-8-4-3-5-9-12/h2,6-7,10-12H,3-5,8-9H2,1H3. The molecule has 0 bridgehead atoms. The maximum atomic E-state index is 5.57. The van der Waals surface area contributed by atoms with Gasteiger partial charge in [0, 0.05) is 0 Å². The SMILES string of the molecule is C[CH]Oc1ccccc1C1CCCCC1. The van der Waals surface area contributed by atoms with E-state index in [0.29, 0.717) is 0 Å². The van der Waals surface area contributed by atoms with Crippen LogP contribution >= 0.6 is 0 Å². The van der Waals surface area contributed by atoms with Crippen molar-refractivity contribution < 1.29 is 4.74 Å². The lowest BCUT2D eigenvalue weighted by Crippen LogP contribution is -2.06. The van der Waals surface area contributed by atoms with E-state index in [0.717, 1.165) is 11.7 Å². The Labute approximate surface area is 92.5 Å². The van der Waals surface area contributed by atoms with Crippen molar-refractivity contribution in [2.24, 2.45) is 0 Å². The smallest absolute Gasteiger partial charge is 0.132 e. The number of hydrogen-bond acceptors (Lipinski definition) is 1. The molecule has 1 radical (unpaired) electrons. The third-order valence-corrected chi connectivity index (χ3v) is 3.21. The Hall–Kier alpha value is -0.980. The minimum atomic E-state index is 0.717. The zero-order valence-corrected chi connectivity index (χ0v) is 9.41. The average Bonchev–Trinajstić information content (AvgIpc) is 2.31. The van der Waals surface area contributed by atoms with Crippen LogP contribution in [0.4, 0.5) is 0 Å². The van der Waals surface area contributed by atoms with Crippen molar-refractivity contribution in [1.82, 2.24) is 0 Å². The van der Waals surface area contributed by atoms with Gasteiger partial charge in [-0.1, -0.05) is 37.5 Å². The molecule has 1 aromatic carbocycles. The Balaban J connectivity index is 2.17. The monoisotopic (exact) mass is 203 g/mol. The summed E-state index contributed by atoms with van der Waals surface area (Å²) in [4.78, 5) is 0. The predicted molar refractivity (Wildman–Crippen MR) is 62.9 cm³/mol. The van der Waals surface area contributed by atoms with Gasteiger partial charge in [-0.25, -0.2) is 0 Å². The van der Waals surface area contributed by atoms with Crippen LogP contribution in [0.3, 0.4) is 0 Å². The fourth-order valence-corrected chi connectivity index (χ4v) is 2.47. The van der Waals surface area contributed by atoms with Crippen LogP contribution in [0, 0.1) is 6.61 Å². The molecule has 0 unspecified atom stereocenters. The van der Waals surface area contributed by atoms with Gasteiger partial charge in [-0.3, -0.25) is 0 Å². The lowest BCUT2D eigenvalue weighted by atomic mass is 9.84. The highest BCUT2D eigenvalue weighted by molar-refractivity contribution is 5.36. The van der Waals surface area contributed by atoms with Crippen molar-refractivity contribution in [2.75, 3.05) is 0 Å². The maximum Gasteiger partial charge on any atom is 0.132 e. The van der Waals surface area contributed by atoms with Crippen LogP contribution in [-0.4, -0.2) is 0 Å². The Kier molecular flexibility index (Phi) is 3.65. The normalized spacial score (nSPS) is 17.7. The summed E-state index contributed by atoms with van der Waals surface area (Å²) in [5.74, 6) is 1.77. The third-order valence-electron chi connectivity index (χ3n) is 3.21. The molecule has 1 aromatic rings. The summed E-state index contributed by atoms with van der Waals surface area (Å²) in [5.41, 5.74) is 1.40. The molecule has 1 aliphatic rings. The fraction of sp³-hybridized carbons (Fsp3) is 0.500. The van der Waals surface area contributed by atoms with Crippen LogP contribution in [0.2, 0.25) is 0 Å². The molecule has 1 aliphatic carbocycles. The number of benzene rings is 1. The van der Waals surface area contributed by atoms with E-state index in [1.165, 1.54) is 37.7 Å². The molecule has 0 saturated heterocycles. The first kappa shape index (κ1) is 10.5. The van der Waals surface area contributed by atoms with Gasteiger partial charge in [-0.15, -0.1) is 0 Å². The van der Waals surface area contributed by atoms with Crippen molar-refractivity contribution in [2.45, 2.75) is 44.9 Å². The Morgan fingerprint density at radius 2 is 1.87 bits per heavy atom. The minimum absolute atomic E-state index is 0.717. The van der Waals surface area contributed by atoms with Crippen LogP contribution in [0.5, 0.6) is 5.75 Å². The molecule has 0 aliphatic heterocycles. The van der Waals surface area contributed by atoms with E-state index in [-0.39, 0.29) is 0 Å². The van der Waals surface area contributed by atoms with Gasteiger partial charge in [-0.05, 0) is 37.3 Å². The first-order valence-corrected chi connectivity index (χ1v) is 5.95. The van der Waals surface area contributed by atoms with Crippen LogP contribution in [0.15, 0.2) is 24.3 Å². The highest BCUT2D eigenvalue weighted by Gasteiger charge is 2.18. The average molecular weight is 203 g/mol. The molecule has 0 amide bonds. The molecule has 1 nitrogen and oxygen atoms in total. The molecule has 0 aromatic heterocycles. The van der Waals surface area contributed by atoms with Crippen molar-refractivity contribution in [1.29, 1.82) is 0 Å². The molecule has 15 heavy (non-hydrogen) atoms. The molecule has 1 saturated carbocycles. The van der Waals surface area contributed by atoms with E-state index in [4.69, 9.17) is 4.74 Å². The van der Waals surface area contributed by atoms with Crippen LogP contribution in [-0.2, 0) is 0 Å². The summed E-state index contributed by atoms with van der Waals surface area (Å²) in [6.45, 7) is 3.69. The largest absolute Gasteiger partial charge is 0.487 e. The Bertz CT molecular complexity index is 300. The van der Waals surface area contributed by atoms with Crippen LogP contribution in [0.1, 0.15) is 50.5 Å². The number of hydrogen-bond donors (Lipinski definition) is 0. The van der Waals surface area contributed by atoms with Gasteiger partial charge in [0.25, 0.3) is 0 Å². The molecular formula is C14H19O. The first-order chi connectivity index (χ1) is 7.42. The van der Waals surface area contributed by atoms with E-state index >= 15 is 0 Å². The first-order valence-electron chi connectivity index (χ1n) is 5.95. The van der Waals surface area contributed by atoms with Gasteiger partial charge in [0.1, 0.15) is 12.4 Å². The number of para-hydroxylation sites is 1. The van der Waals surface area contributed by atoms with Gasteiger partial charge < -0.3 is 4.74 Å². The molecular weight excluding hydrogens is 184 g/mol. The Morgan fingerprint density at radius 3 is 2.60 bits per heavy atom.